The van der Waals surface area contributed by atoms with Crippen LogP contribution in [0.1, 0.15) is 37.3 Å². The molecule has 1 aliphatic rings. The Kier molecular flexibility index (Phi) is 6.23. The van der Waals surface area contributed by atoms with Crippen molar-refractivity contribution in [1.29, 1.82) is 0 Å². The fourth-order valence-electron chi connectivity index (χ4n) is 2.88. The predicted octanol–water partition coefficient (Wildman–Crippen LogP) is 2.69. The Labute approximate surface area is 141 Å². The van der Waals surface area contributed by atoms with Crippen molar-refractivity contribution in [2.24, 2.45) is 5.92 Å². The molecule has 0 aromatic heterocycles. The van der Waals surface area contributed by atoms with Crippen molar-refractivity contribution in [2.75, 3.05) is 14.2 Å². The summed E-state index contributed by atoms with van der Waals surface area (Å²) in [6.07, 6.45) is 6.21. The van der Waals surface area contributed by atoms with Gasteiger partial charge in [0.1, 0.15) is 11.5 Å². The maximum absolute atomic E-state index is 12.3. The quantitative estimate of drug-likeness (QED) is 0.715. The average molecular weight is 333 g/mol. The minimum absolute atomic E-state index is 0.157. The molecular formula is C18H23NO5. The molecule has 0 spiro atoms. The number of carboxylic acids is 1. The molecular weight excluding hydrogens is 310 g/mol. The van der Waals surface area contributed by atoms with Gasteiger partial charge in [0.05, 0.1) is 26.7 Å². The molecule has 0 saturated carbocycles. The van der Waals surface area contributed by atoms with E-state index in [0.717, 1.165) is 12.8 Å². The molecule has 6 nitrogen and oxygen atoms in total. The van der Waals surface area contributed by atoms with E-state index >= 15 is 0 Å². The van der Waals surface area contributed by atoms with E-state index in [1.165, 1.54) is 7.11 Å². The SMILES string of the molecule is COc1ccc(C(CC(=O)O)NC(=O)CC2C=CCC2)c(OC)c1. The molecule has 0 radical (unpaired) electrons. The Bertz CT molecular complexity index is 626. The summed E-state index contributed by atoms with van der Waals surface area (Å²) in [7, 11) is 3.04. The first-order valence-corrected chi connectivity index (χ1v) is 7.93. The number of hydrogen-bond acceptors (Lipinski definition) is 4. The lowest BCUT2D eigenvalue weighted by atomic mass is 10.00. The third-order valence-corrected chi connectivity index (χ3v) is 4.09. The van der Waals surface area contributed by atoms with Crippen molar-refractivity contribution < 1.29 is 24.2 Å². The highest BCUT2D eigenvalue weighted by atomic mass is 16.5. The zero-order valence-electron chi connectivity index (χ0n) is 14.0. The maximum Gasteiger partial charge on any atom is 0.305 e. The molecule has 1 aromatic rings. The number of rotatable bonds is 8. The topological polar surface area (TPSA) is 84.9 Å². The Morgan fingerprint density at radius 3 is 2.71 bits per heavy atom. The summed E-state index contributed by atoms with van der Waals surface area (Å²) in [5, 5.41) is 12.0. The lowest BCUT2D eigenvalue weighted by Gasteiger charge is -2.21. The molecule has 2 rings (SSSR count). The number of benzene rings is 1. The highest BCUT2D eigenvalue weighted by molar-refractivity contribution is 5.78. The number of nitrogens with one attached hydrogen (secondary N) is 1. The second kappa shape index (κ2) is 8.38. The van der Waals surface area contributed by atoms with E-state index in [4.69, 9.17) is 9.47 Å². The van der Waals surface area contributed by atoms with Crippen molar-refractivity contribution in [2.45, 2.75) is 31.7 Å². The summed E-state index contributed by atoms with van der Waals surface area (Å²) in [6.45, 7) is 0. The normalized spacial score (nSPS) is 17.3. The Morgan fingerprint density at radius 2 is 2.12 bits per heavy atom. The van der Waals surface area contributed by atoms with Gasteiger partial charge in [0.25, 0.3) is 0 Å². The van der Waals surface area contributed by atoms with Crippen LogP contribution in [0.15, 0.2) is 30.4 Å². The highest BCUT2D eigenvalue weighted by Crippen LogP contribution is 2.31. The van der Waals surface area contributed by atoms with Crippen molar-refractivity contribution >= 4 is 11.9 Å². The van der Waals surface area contributed by atoms with Crippen LogP contribution in [0.2, 0.25) is 0 Å². The molecule has 2 N–H and O–H groups in total. The highest BCUT2D eigenvalue weighted by Gasteiger charge is 2.23. The number of carboxylic acid groups (broad SMARTS) is 1. The molecule has 0 bridgehead atoms. The van der Waals surface area contributed by atoms with Gasteiger partial charge in [-0.15, -0.1) is 0 Å². The van der Waals surface area contributed by atoms with E-state index in [1.807, 2.05) is 6.08 Å². The van der Waals surface area contributed by atoms with E-state index < -0.39 is 12.0 Å². The number of carbonyl (C=O) groups is 2. The summed E-state index contributed by atoms with van der Waals surface area (Å²) in [4.78, 5) is 23.5. The fraction of sp³-hybridized carbons (Fsp3) is 0.444. The standard InChI is InChI=1S/C18H23NO5/c1-23-13-7-8-14(16(10-13)24-2)15(11-18(21)22)19-17(20)9-12-5-3-4-6-12/h3,5,7-8,10,12,15H,4,6,9,11H2,1-2H3,(H,19,20)(H,21,22). The van der Waals surface area contributed by atoms with Gasteiger partial charge in [-0.25, -0.2) is 0 Å². The van der Waals surface area contributed by atoms with Gasteiger partial charge >= 0.3 is 5.97 Å². The van der Waals surface area contributed by atoms with Gasteiger partial charge in [-0.05, 0) is 30.9 Å². The molecule has 1 aliphatic carbocycles. The van der Waals surface area contributed by atoms with Crippen LogP contribution in [0.3, 0.4) is 0 Å². The second-order valence-corrected chi connectivity index (χ2v) is 5.80. The van der Waals surface area contributed by atoms with Crippen LogP contribution in [-0.2, 0) is 9.59 Å². The van der Waals surface area contributed by atoms with E-state index in [9.17, 15) is 14.7 Å². The first-order valence-electron chi connectivity index (χ1n) is 7.93. The van der Waals surface area contributed by atoms with Crippen molar-refractivity contribution in [3.05, 3.63) is 35.9 Å². The van der Waals surface area contributed by atoms with E-state index in [-0.39, 0.29) is 18.2 Å². The van der Waals surface area contributed by atoms with Crippen LogP contribution < -0.4 is 14.8 Å². The molecule has 1 amide bonds. The minimum atomic E-state index is -0.987. The lowest BCUT2D eigenvalue weighted by Crippen LogP contribution is -2.31. The molecule has 24 heavy (non-hydrogen) atoms. The summed E-state index contributed by atoms with van der Waals surface area (Å²) < 4.78 is 10.5. The number of ether oxygens (including phenoxy) is 2. The predicted molar refractivity (Wildman–Crippen MR) is 89.2 cm³/mol. The summed E-state index contributed by atoms with van der Waals surface area (Å²) in [5.74, 6) is 0.177. The van der Waals surface area contributed by atoms with E-state index in [1.54, 1.807) is 25.3 Å². The van der Waals surface area contributed by atoms with E-state index in [2.05, 4.69) is 11.4 Å². The zero-order chi connectivity index (χ0) is 17.5. The van der Waals surface area contributed by atoms with E-state index in [0.29, 0.717) is 23.5 Å². The third-order valence-electron chi connectivity index (χ3n) is 4.09. The summed E-state index contributed by atoms with van der Waals surface area (Å²) in [5.41, 5.74) is 0.621. The Balaban J connectivity index is 2.16. The number of carbonyl (C=O) groups excluding carboxylic acids is 1. The zero-order valence-corrected chi connectivity index (χ0v) is 14.0. The van der Waals surface area contributed by atoms with Gasteiger partial charge in [0.15, 0.2) is 0 Å². The maximum atomic E-state index is 12.3. The number of aliphatic carboxylic acids is 1. The van der Waals surface area contributed by atoms with Gasteiger partial charge in [-0.3, -0.25) is 9.59 Å². The Hall–Kier alpha value is -2.50. The first-order chi connectivity index (χ1) is 11.5. The fourth-order valence-corrected chi connectivity index (χ4v) is 2.88. The third kappa shape index (κ3) is 4.75. The average Bonchev–Trinajstić information content (AvgIpc) is 3.05. The molecule has 2 unspecified atom stereocenters. The Morgan fingerprint density at radius 1 is 1.33 bits per heavy atom. The van der Waals surface area contributed by atoms with Gasteiger partial charge in [0.2, 0.25) is 5.91 Å². The lowest BCUT2D eigenvalue weighted by molar-refractivity contribution is -0.137. The van der Waals surface area contributed by atoms with Gasteiger partial charge < -0.3 is 19.9 Å². The molecule has 130 valence electrons. The molecule has 0 saturated heterocycles. The van der Waals surface area contributed by atoms with Crippen molar-refractivity contribution in [3.63, 3.8) is 0 Å². The van der Waals surface area contributed by atoms with Gasteiger partial charge in [0, 0.05) is 18.1 Å². The largest absolute Gasteiger partial charge is 0.497 e. The van der Waals surface area contributed by atoms with Crippen molar-refractivity contribution in [3.8, 4) is 11.5 Å². The van der Waals surface area contributed by atoms with Crippen LogP contribution in [0.25, 0.3) is 0 Å². The summed E-state index contributed by atoms with van der Waals surface area (Å²) in [6, 6.07) is 4.47. The molecule has 2 atom stereocenters. The van der Waals surface area contributed by atoms with Crippen LogP contribution in [0.5, 0.6) is 11.5 Å². The van der Waals surface area contributed by atoms with Crippen LogP contribution >= 0.6 is 0 Å². The van der Waals surface area contributed by atoms with Crippen LogP contribution in [0, 0.1) is 5.92 Å². The molecule has 0 heterocycles. The van der Waals surface area contributed by atoms with Gasteiger partial charge in [-0.1, -0.05) is 12.2 Å². The molecule has 0 aliphatic heterocycles. The number of methoxy groups -OCH3 is 2. The number of amides is 1. The second-order valence-electron chi connectivity index (χ2n) is 5.80. The molecule has 6 heteroatoms. The first kappa shape index (κ1) is 17.8. The van der Waals surface area contributed by atoms with Gasteiger partial charge in [-0.2, -0.15) is 0 Å². The minimum Gasteiger partial charge on any atom is -0.497 e. The molecule has 1 aromatic carbocycles. The number of hydrogen-bond donors (Lipinski definition) is 2. The molecule has 0 fully saturated rings. The monoisotopic (exact) mass is 333 g/mol. The van der Waals surface area contributed by atoms with Crippen LogP contribution in [0.4, 0.5) is 0 Å². The number of allylic oxidation sites excluding steroid dienone is 2. The van der Waals surface area contributed by atoms with Crippen LogP contribution in [-0.4, -0.2) is 31.2 Å². The summed E-state index contributed by atoms with van der Waals surface area (Å²) >= 11 is 0. The smallest absolute Gasteiger partial charge is 0.305 e. The van der Waals surface area contributed by atoms with Crippen molar-refractivity contribution in [1.82, 2.24) is 5.32 Å².